The molecule has 1 saturated heterocycles. The molecule has 0 aromatic carbocycles. The third-order valence-corrected chi connectivity index (χ3v) is 4.25. The Hall–Kier alpha value is -1.58. The smallest absolute Gasteiger partial charge is 0.272 e. The van der Waals surface area contributed by atoms with Crippen molar-refractivity contribution >= 4 is 11.6 Å². The van der Waals surface area contributed by atoms with Crippen LogP contribution in [0.1, 0.15) is 50.5 Å². The van der Waals surface area contributed by atoms with E-state index in [2.05, 4.69) is 25.8 Å². The molecule has 1 aromatic rings. The van der Waals surface area contributed by atoms with Crippen molar-refractivity contribution in [3.63, 3.8) is 0 Å². The summed E-state index contributed by atoms with van der Waals surface area (Å²) in [5.41, 5.74) is 7.01. The Bertz CT molecular complexity index is 462. The number of carbonyl (C=O) groups is 1. The number of nitrogen functional groups attached to an aromatic ring is 1. The highest BCUT2D eigenvalue weighted by atomic mass is 16.2. The van der Waals surface area contributed by atoms with Crippen molar-refractivity contribution < 1.29 is 4.79 Å². The highest BCUT2D eigenvalue weighted by Gasteiger charge is 2.28. The normalized spacial score (nSPS) is 20.6. The van der Waals surface area contributed by atoms with Crippen molar-refractivity contribution in [1.29, 1.82) is 0 Å². The van der Waals surface area contributed by atoms with E-state index < -0.39 is 0 Å². The van der Waals surface area contributed by atoms with Crippen LogP contribution in [0.3, 0.4) is 0 Å². The third kappa shape index (κ3) is 3.50. The van der Waals surface area contributed by atoms with Gasteiger partial charge < -0.3 is 10.6 Å². The largest absolute Gasteiger partial charge is 0.397 e. The second-order valence-electron chi connectivity index (χ2n) is 6.76. The fraction of sp³-hybridized carbons (Fsp3) is 0.625. The van der Waals surface area contributed by atoms with Gasteiger partial charge in [0.25, 0.3) is 5.91 Å². The zero-order valence-corrected chi connectivity index (χ0v) is 12.7. The lowest BCUT2D eigenvalue weighted by molar-refractivity contribution is 0.0750. The molecule has 1 amide bonds. The van der Waals surface area contributed by atoms with Crippen LogP contribution in [-0.4, -0.2) is 28.9 Å². The summed E-state index contributed by atoms with van der Waals surface area (Å²) >= 11 is 0. The van der Waals surface area contributed by atoms with E-state index in [1.54, 1.807) is 18.3 Å². The molecular formula is C16H25N3O. The average Bonchev–Trinajstić information content (AvgIpc) is 2.64. The number of nitrogens with two attached hydrogens (primary N) is 1. The molecule has 20 heavy (non-hydrogen) atoms. The quantitative estimate of drug-likeness (QED) is 0.857. The number of carbonyl (C=O) groups excluding carboxylic acids is 1. The SMILES string of the molecule is CC(C)(C)C1CCCN(C(=O)c2ccc(N)cn2)CC1. The molecule has 0 bridgehead atoms. The molecule has 1 atom stereocenters. The number of pyridine rings is 1. The highest BCUT2D eigenvalue weighted by Crippen LogP contribution is 2.34. The molecule has 0 aliphatic carbocycles. The summed E-state index contributed by atoms with van der Waals surface area (Å²) in [5, 5.41) is 0. The zero-order valence-electron chi connectivity index (χ0n) is 12.7. The summed E-state index contributed by atoms with van der Waals surface area (Å²) in [7, 11) is 0. The summed E-state index contributed by atoms with van der Waals surface area (Å²) in [6, 6.07) is 3.44. The van der Waals surface area contributed by atoms with Crippen LogP contribution in [0.2, 0.25) is 0 Å². The number of likely N-dealkylation sites (tertiary alicyclic amines) is 1. The van der Waals surface area contributed by atoms with Crippen LogP contribution in [0.4, 0.5) is 5.69 Å². The Balaban J connectivity index is 2.03. The number of nitrogens with zero attached hydrogens (tertiary/aromatic N) is 2. The van der Waals surface area contributed by atoms with Crippen LogP contribution in [-0.2, 0) is 0 Å². The van der Waals surface area contributed by atoms with Crippen LogP contribution in [0, 0.1) is 11.3 Å². The molecule has 4 heteroatoms. The van der Waals surface area contributed by atoms with Gasteiger partial charge in [0.1, 0.15) is 5.69 Å². The maximum Gasteiger partial charge on any atom is 0.272 e. The second kappa shape index (κ2) is 5.81. The first-order valence-corrected chi connectivity index (χ1v) is 7.39. The lowest BCUT2D eigenvalue weighted by Gasteiger charge is -2.29. The Morgan fingerprint density at radius 1 is 1.30 bits per heavy atom. The fourth-order valence-electron chi connectivity index (χ4n) is 2.86. The number of hydrogen-bond donors (Lipinski definition) is 1. The van der Waals surface area contributed by atoms with E-state index in [0.717, 1.165) is 25.9 Å². The van der Waals surface area contributed by atoms with E-state index >= 15 is 0 Å². The van der Waals surface area contributed by atoms with Crippen molar-refractivity contribution in [1.82, 2.24) is 9.88 Å². The van der Waals surface area contributed by atoms with Crippen molar-refractivity contribution in [3.05, 3.63) is 24.0 Å². The van der Waals surface area contributed by atoms with Crippen molar-refractivity contribution in [2.24, 2.45) is 11.3 Å². The van der Waals surface area contributed by atoms with Gasteiger partial charge in [0.05, 0.1) is 11.9 Å². The topological polar surface area (TPSA) is 59.2 Å². The summed E-state index contributed by atoms with van der Waals surface area (Å²) < 4.78 is 0. The summed E-state index contributed by atoms with van der Waals surface area (Å²) in [6.45, 7) is 8.52. The summed E-state index contributed by atoms with van der Waals surface area (Å²) in [4.78, 5) is 18.5. The van der Waals surface area contributed by atoms with E-state index in [1.807, 2.05) is 4.90 Å². The van der Waals surface area contributed by atoms with Gasteiger partial charge in [-0.15, -0.1) is 0 Å². The van der Waals surface area contributed by atoms with Crippen LogP contribution in [0.25, 0.3) is 0 Å². The Morgan fingerprint density at radius 2 is 2.05 bits per heavy atom. The van der Waals surface area contributed by atoms with Gasteiger partial charge in [0.15, 0.2) is 0 Å². The monoisotopic (exact) mass is 275 g/mol. The molecule has 1 fully saturated rings. The summed E-state index contributed by atoms with van der Waals surface area (Å²) in [6.07, 6.45) is 4.89. The predicted molar refractivity (Wildman–Crippen MR) is 81.3 cm³/mol. The average molecular weight is 275 g/mol. The van der Waals surface area contributed by atoms with Gasteiger partial charge in [-0.3, -0.25) is 4.79 Å². The number of anilines is 1. The first-order chi connectivity index (χ1) is 9.38. The number of rotatable bonds is 1. The minimum Gasteiger partial charge on any atom is -0.397 e. The lowest BCUT2D eigenvalue weighted by atomic mass is 9.77. The van der Waals surface area contributed by atoms with Crippen LogP contribution >= 0.6 is 0 Å². The van der Waals surface area contributed by atoms with Gasteiger partial charge in [-0.05, 0) is 42.7 Å². The summed E-state index contributed by atoms with van der Waals surface area (Å²) in [5.74, 6) is 0.708. The van der Waals surface area contributed by atoms with E-state index in [0.29, 0.717) is 22.7 Å². The zero-order chi connectivity index (χ0) is 14.8. The molecule has 2 N–H and O–H groups in total. The standard InChI is InChI=1S/C16H25N3O/c1-16(2,3)12-5-4-9-19(10-8-12)15(20)14-7-6-13(17)11-18-14/h6-7,11-12H,4-5,8-10,17H2,1-3H3. The predicted octanol–water partition coefficient (Wildman–Crippen LogP) is 2.95. The van der Waals surface area contributed by atoms with E-state index in [-0.39, 0.29) is 5.91 Å². The molecule has 1 unspecified atom stereocenters. The second-order valence-corrected chi connectivity index (χ2v) is 6.76. The van der Waals surface area contributed by atoms with Gasteiger partial charge in [-0.2, -0.15) is 0 Å². The first kappa shape index (κ1) is 14.8. The van der Waals surface area contributed by atoms with Crippen molar-refractivity contribution in [2.45, 2.75) is 40.0 Å². The molecule has 1 aromatic heterocycles. The molecule has 0 saturated carbocycles. The molecule has 4 nitrogen and oxygen atoms in total. The van der Waals surface area contributed by atoms with Crippen molar-refractivity contribution in [3.8, 4) is 0 Å². The molecule has 2 rings (SSSR count). The Kier molecular flexibility index (Phi) is 4.31. The fourth-order valence-corrected chi connectivity index (χ4v) is 2.86. The van der Waals surface area contributed by atoms with Gasteiger partial charge >= 0.3 is 0 Å². The number of aromatic nitrogens is 1. The molecular weight excluding hydrogens is 250 g/mol. The van der Waals surface area contributed by atoms with Crippen LogP contribution in [0.15, 0.2) is 18.3 Å². The number of amides is 1. The van der Waals surface area contributed by atoms with Crippen LogP contribution < -0.4 is 5.73 Å². The number of hydrogen-bond acceptors (Lipinski definition) is 3. The maximum absolute atomic E-state index is 12.4. The molecule has 110 valence electrons. The Labute approximate surface area is 121 Å². The van der Waals surface area contributed by atoms with E-state index in [1.165, 1.54) is 6.42 Å². The van der Waals surface area contributed by atoms with Gasteiger partial charge in [0.2, 0.25) is 0 Å². The minimum absolute atomic E-state index is 0.0274. The van der Waals surface area contributed by atoms with Crippen LogP contribution in [0.5, 0.6) is 0 Å². The van der Waals surface area contributed by atoms with Gasteiger partial charge in [0, 0.05) is 13.1 Å². The van der Waals surface area contributed by atoms with Gasteiger partial charge in [-0.1, -0.05) is 20.8 Å². The molecule has 1 aliphatic heterocycles. The third-order valence-electron chi connectivity index (χ3n) is 4.25. The Morgan fingerprint density at radius 3 is 2.65 bits per heavy atom. The maximum atomic E-state index is 12.4. The lowest BCUT2D eigenvalue weighted by Crippen LogP contribution is -2.33. The van der Waals surface area contributed by atoms with E-state index in [9.17, 15) is 4.79 Å². The van der Waals surface area contributed by atoms with Gasteiger partial charge in [-0.25, -0.2) is 4.98 Å². The molecule has 1 aliphatic rings. The van der Waals surface area contributed by atoms with Crippen molar-refractivity contribution in [2.75, 3.05) is 18.8 Å². The molecule has 2 heterocycles. The molecule has 0 radical (unpaired) electrons. The highest BCUT2D eigenvalue weighted by molar-refractivity contribution is 5.92. The molecule has 0 spiro atoms. The minimum atomic E-state index is 0.0274. The first-order valence-electron chi connectivity index (χ1n) is 7.39. The van der Waals surface area contributed by atoms with E-state index in [4.69, 9.17) is 5.73 Å².